The van der Waals surface area contributed by atoms with E-state index in [1.807, 2.05) is 0 Å². The minimum Gasteiger partial charge on any atom is -0.338 e. The van der Waals surface area contributed by atoms with Gasteiger partial charge in [-0.25, -0.2) is 13.4 Å². The van der Waals surface area contributed by atoms with Crippen molar-refractivity contribution in [2.24, 2.45) is 0 Å². The van der Waals surface area contributed by atoms with Gasteiger partial charge in [0.05, 0.1) is 17.3 Å². The van der Waals surface area contributed by atoms with Gasteiger partial charge in [0.1, 0.15) is 5.82 Å². The number of carbonyl (C=O) groups is 1. The summed E-state index contributed by atoms with van der Waals surface area (Å²) in [6.45, 7) is 2.69. The van der Waals surface area contributed by atoms with Crippen molar-refractivity contribution in [1.29, 1.82) is 0 Å². The molecule has 2 fully saturated rings. The number of nitrogens with one attached hydrogen (secondary N) is 1. The minimum absolute atomic E-state index is 0.0201. The van der Waals surface area contributed by atoms with Crippen LogP contribution in [0.3, 0.4) is 0 Å². The van der Waals surface area contributed by atoms with Gasteiger partial charge < -0.3 is 4.90 Å². The van der Waals surface area contributed by atoms with Gasteiger partial charge in [-0.2, -0.15) is 0 Å². The molecular weight excluding hydrogens is 348 g/mol. The van der Waals surface area contributed by atoms with Gasteiger partial charge in [0.25, 0.3) is 0 Å². The first-order chi connectivity index (χ1) is 11.5. The van der Waals surface area contributed by atoms with Crippen LogP contribution in [0.1, 0.15) is 50.8 Å². The Morgan fingerprint density at radius 1 is 1.38 bits per heavy atom. The third kappa shape index (κ3) is 4.50. The van der Waals surface area contributed by atoms with Crippen LogP contribution in [0.25, 0.3) is 0 Å². The molecule has 24 heavy (non-hydrogen) atoms. The number of sulfone groups is 1. The molecule has 1 aliphatic heterocycles. The van der Waals surface area contributed by atoms with E-state index in [9.17, 15) is 13.2 Å². The summed E-state index contributed by atoms with van der Waals surface area (Å²) in [7, 11) is -3.00. The van der Waals surface area contributed by atoms with Crippen molar-refractivity contribution < 1.29 is 13.2 Å². The fraction of sp³-hybridized carbons (Fsp3) is 0.800. The van der Waals surface area contributed by atoms with Gasteiger partial charge in [-0.3, -0.25) is 9.89 Å². The smallest absolute Gasteiger partial charge is 0.233 e. The highest BCUT2D eigenvalue weighted by atomic mass is 32.2. The van der Waals surface area contributed by atoms with E-state index in [0.717, 1.165) is 31.5 Å². The zero-order valence-corrected chi connectivity index (χ0v) is 15.5. The Balaban J connectivity index is 1.57. The Morgan fingerprint density at radius 2 is 2.17 bits per heavy atom. The lowest BCUT2D eigenvalue weighted by atomic mass is 10.2. The Hall–Kier alpha value is -1.09. The molecule has 1 aromatic heterocycles. The number of aromatic amines is 1. The molecule has 3 rings (SSSR count). The van der Waals surface area contributed by atoms with E-state index in [1.54, 1.807) is 4.90 Å². The average Bonchev–Trinajstić information content (AvgIpc) is 3.18. The van der Waals surface area contributed by atoms with E-state index < -0.39 is 9.84 Å². The van der Waals surface area contributed by atoms with E-state index in [-0.39, 0.29) is 29.2 Å². The normalized spacial score (nSPS) is 22.6. The van der Waals surface area contributed by atoms with E-state index in [4.69, 9.17) is 0 Å². The lowest BCUT2D eigenvalue weighted by Crippen LogP contribution is -2.42. The SMILES string of the molecule is CCCCN(C(=O)CSc1n[nH]c(C2CC2)n1)[C@@H]1CCS(=O)(=O)C1. The zero-order valence-electron chi connectivity index (χ0n) is 13.9. The van der Waals surface area contributed by atoms with Crippen LogP contribution in [0.4, 0.5) is 0 Å². The minimum atomic E-state index is -3.00. The molecule has 0 unspecified atom stereocenters. The molecule has 1 N–H and O–H groups in total. The maximum atomic E-state index is 12.6. The standard InChI is InChI=1S/C15H24N4O3S2/c1-2-3-7-19(12-6-8-24(21,22)10-12)13(20)9-23-15-16-14(17-18-15)11-4-5-11/h11-12H,2-10H2,1H3,(H,16,17,18)/t12-/m1/s1. The third-order valence-corrected chi connectivity index (χ3v) is 7.08. The van der Waals surface area contributed by atoms with Crippen molar-refractivity contribution in [3.63, 3.8) is 0 Å². The first-order valence-corrected chi connectivity index (χ1v) is 11.3. The van der Waals surface area contributed by atoms with Gasteiger partial charge in [-0.15, -0.1) is 5.10 Å². The van der Waals surface area contributed by atoms with E-state index in [0.29, 0.717) is 24.0 Å². The number of thioether (sulfide) groups is 1. The zero-order chi connectivity index (χ0) is 17.2. The van der Waals surface area contributed by atoms with Crippen LogP contribution >= 0.6 is 11.8 Å². The van der Waals surface area contributed by atoms with Gasteiger partial charge in [-0.1, -0.05) is 25.1 Å². The number of carbonyl (C=O) groups excluding carboxylic acids is 1. The fourth-order valence-electron chi connectivity index (χ4n) is 2.93. The summed E-state index contributed by atoms with van der Waals surface area (Å²) >= 11 is 1.32. The summed E-state index contributed by atoms with van der Waals surface area (Å²) < 4.78 is 23.5. The highest BCUT2D eigenvalue weighted by Crippen LogP contribution is 2.38. The van der Waals surface area contributed by atoms with Crippen LogP contribution in [0, 0.1) is 0 Å². The Morgan fingerprint density at radius 3 is 2.79 bits per heavy atom. The van der Waals surface area contributed by atoms with Gasteiger partial charge >= 0.3 is 0 Å². The molecule has 2 aliphatic rings. The number of nitrogens with zero attached hydrogens (tertiary/aromatic N) is 3. The quantitative estimate of drug-likeness (QED) is 0.696. The lowest BCUT2D eigenvalue weighted by molar-refractivity contribution is -0.130. The highest BCUT2D eigenvalue weighted by Gasteiger charge is 2.34. The molecule has 0 aromatic carbocycles. The first kappa shape index (κ1) is 17.7. The van der Waals surface area contributed by atoms with Crippen molar-refractivity contribution >= 4 is 27.5 Å². The molecule has 1 amide bonds. The number of H-pyrrole nitrogens is 1. The van der Waals surface area contributed by atoms with E-state index >= 15 is 0 Å². The molecular formula is C15H24N4O3S2. The maximum absolute atomic E-state index is 12.6. The lowest BCUT2D eigenvalue weighted by Gasteiger charge is -2.28. The molecule has 7 nitrogen and oxygen atoms in total. The number of hydrogen-bond acceptors (Lipinski definition) is 6. The third-order valence-electron chi connectivity index (χ3n) is 4.49. The monoisotopic (exact) mass is 372 g/mol. The molecule has 134 valence electrons. The summed E-state index contributed by atoms with van der Waals surface area (Å²) in [6.07, 6.45) is 4.72. The Bertz CT molecular complexity index is 685. The summed E-state index contributed by atoms with van der Waals surface area (Å²) in [5, 5.41) is 7.68. The predicted octanol–water partition coefficient (Wildman–Crippen LogP) is 1.59. The number of hydrogen-bond donors (Lipinski definition) is 1. The fourth-order valence-corrected chi connectivity index (χ4v) is 5.35. The van der Waals surface area contributed by atoms with E-state index in [1.165, 1.54) is 11.8 Å². The number of rotatable bonds is 8. The molecule has 1 atom stereocenters. The van der Waals surface area contributed by atoms with Crippen molar-refractivity contribution in [1.82, 2.24) is 20.1 Å². The molecule has 0 spiro atoms. The van der Waals surface area contributed by atoms with Crippen LogP contribution in [-0.4, -0.2) is 64.3 Å². The largest absolute Gasteiger partial charge is 0.338 e. The highest BCUT2D eigenvalue weighted by molar-refractivity contribution is 7.99. The van der Waals surface area contributed by atoms with Crippen LogP contribution in [0.15, 0.2) is 5.16 Å². The second-order valence-electron chi connectivity index (χ2n) is 6.56. The molecule has 0 bridgehead atoms. The Kier molecular flexibility index (Phi) is 5.49. The van der Waals surface area contributed by atoms with Crippen molar-refractivity contribution in [3.05, 3.63) is 5.82 Å². The summed E-state index contributed by atoms with van der Waals surface area (Å²) in [5.41, 5.74) is 0. The molecule has 2 heterocycles. The Labute approximate surface area is 146 Å². The summed E-state index contributed by atoms with van der Waals surface area (Å²) in [4.78, 5) is 18.8. The van der Waals surface area contributed by atoms with Crippen molar-refractivity contribution in [2.75, 3.05) is 23.8 Å². The molecule has 1 aromatic rings. The van der Waals surface area contributed by atoms with E-state index in [2.05, 4.69) is 22.1 Å². The predicted molar refractivity (Wildman–Crippen MR) is 92.8 cm³/mol. The second-order valence-corrected chi connectivity index (χ2v) is 9.73. The number of unbranched alkanes of at least 4 members (excludes halogenated alkanes) is 1. The number of aromatic nitrogens is 3. The van der Waals surface area contributed by atoms with Crippen LogP contribution in [0.5, 0.6) is 0 Å². The molecule has 1 aliphatic carbocycles. The van der Waals surface area contributed by atoms with Crippen molar-refractivity contribution in [3.8, 4) is 0 Å². The van der Waals surface area contributed by atoms with Gasteiger partial charge in [0.15, 0.2) is 9.84 Å². The maximum Gasteiger partial charge on any atom is 0.233 e. The molecule has 1 saturated heterocycles. The van der Waals surface area contributed by atoms with Gasteiger partial charge in [0.2, 0.25) is 11.1 Å². The summed E-state index contributed by atoms with van der Waals surface area (Å²) in [6, 6.07) is -0.177. The summed E-state index contributed by atoms with van der Waals surface area (Å²) in [5.74, 6) is 1.93. The molecule has 9 heteroatoms. The average molecular weight is 373 g/mol. The molecule has 1 saturated carbocycles. The number of amides is 1. The van der Waals surface area contributed by atoms with Gasteiger partial charge in [-0.05, 0) is 25.7 Å². The second kappa shape index (κ2) is 7.43. The van der Waals surface area contributed by atoms with Crippen LogP contribution < -0.4 is 0 Å². The van der Waals surface area contributed by atoms with Gasteiger partial charge in [0, 0.05) is 18.5 Å². The van der Waals surface area contributed by atoms with Crippen LogP contribution in [-0.2, 0) is 14.6 Å². The van der Waals surface area contributed by atoms with Crippen LogP contribution in [0.2, 0.25) is 0 Å². The van der Waals surface area contributed by atoms with Crippen molar-refractivity contribution in [2.45, 2.75) is 56.1 Å². The topological polar surface area (TPSA) is 96.0 Å². The molecule has 0 radical (unpaired) electrons. The first-order valence-electron chi connectivity index (χ1n) is 8.53.